The minimum Gasteiger partial charge on any atom is -0.226 e. The van der Waals surface area contributed by atoms with E-state index in [0.29, 0.717) is 0 Å². The van der Waals surface area contributed by atoms with Gasteiger partial charge in [-0.3, -0.25) is 0 Å². The molecule has 5 aromatic rings. The molecule has 3 aromatic carbocycles. The van der Waals surface area contributed by atoms with Gasteiger partial charge in [-0.15, -0.1) is 22.4 Å². The molecule has 0 saturated carbocycles. The van der Waals surface area contributed by atoms with Crippen molar-refractivity contribution < 1.29 is 37.4 Å². The van der Waals surface area contributed by atoms with Gasteiger partial charge in [-0.2, -0.15) is 50.5 Å². The van der Waals surface area contributed by atoms with Crippen molar-refractivity contribution in [2.45, 2.75) is 13.8 Å². The van der Waals surface area contributed by atoms with Crippen LogP contribution >= 0.6 is 0 Å². The second kappa shape index (κ2) is 7.27. The number of para-hydroxylation sites is 2. The van der Waals surface area contributed by atoms with Gasteiger partial charge in [0.15, 0.2) is 5.52 Å². The minimum absolute atomic E-state index is 0. The van der Waals surface area contributed by atoms with Gasteiger partial charge in [-0.25, -0.2) is 11.1 Å². The summed E-state index contributed by atoms with van der Waals surface area (Å²) in [6.45, 7) is 4.25. The fourth-order valence-corrected chi connectivity index (χ4v) is 3.79. The summed E-state index contributed by atoms with van der Waals surface area (Å²) in [6.07, 6.45) is 0. The third-order valence-electron chi connectivity index (χ3n) is 5.26. The molecular weight excluding hydrogens is 421 g/mol. The average molecular weight is 440 g/mol. The van der Waals surface area contributed by atoms with Gasteiger partial charge in [0.2, 0.25) is 0 Å². The molecule has 0 N–H and O–H groups in total. The van der Waals surface area contributed by atoms with E-state index in [-0.39, 0.29) is 32.7 Å². The van der Waals surface area contributed by atoms with Crippen molar-refractivity contribution in [2.24, 2.45) is 7.05 Å². The Labute approximate surface area is 189 Å². The second-order valence-corrected chi connectivity index (χ2v) is 6.76. The van der Waals surface area contributed by atoms with Gasteiger partial charge in [0.05, 0.1) is 0 Å². The molecule has 28 heavy (non-hydrogen) atoms. The molecule has 0 atom stereocenters. The van der Waals surface area contributed by atoms with Crippen molar-refractivity contribution in [3.05, 3.63) is 84.2 Å². The summed E-state index contributed by atoms with van der Waals surface area (Å²) in [5, 5.41) is 0. The first-order chi connectivity index (χ1) is 13.2. The molecular formula is C23H19N4Y-. The predicted octanol–water partition coefficient (Wildman–Crippen LogP) is 3.98. The topological polar surface area (TPSA) is 26.1 Å². The van der Waals surface area contributed by atoms with Gasteiger partial charge in [0.25, 0.3) is 5.82 Å². The van der Waals surface area contributed by atoms with E-state index in [4.69, 9.17) is 4.98 Å². The second-order valence-electron chi connectivity index (χ2n) is 6.76. The first-order valence-electron chi connectivity index (χ1n) is 9.00. The number of fused-ring (bicyclic) bond motifs is 3. The zero-order valence-corrected chi connectivity index (χ0v) is 19.0. The van der Waals surface area contributed by atoms with Crippen molar-refractivity contribution in [3.63, 3.8) is 0 Å². The van der Waals surface area contributed by atoms with E-state index in [9.17, 15) is 0 Å². The maximum atomic E-state index is 4.90. The molecule has 0 unspecified atom stereocenters. The van der Waals surface area contributed by atoms with E-state index < -0.39 is 0 Å². The van der Waals surface area contributed by atoms with E-state index >= 15 is 0 Å². The number of hydrogen-bond acceptors (Lipinski definition) is 1. The zero-order valence-electron chi connectivity index (χ0n) is 16.1. The standard InChI is InChI=1S/C23H19N4.Y/c1-16-19(18-10-5-4-6-11-18)12-9-15-21(16)27-23-24-20-13-7-8-14-22(20)26(23)17(2)25(27)3;/h4-10,13-15H,1-3H3;/q-1;. The Hall–Kier alpha value is -2.30. The normalized spacial score (nSPS) is 11.1. The van der Waals surface area contributed by atoms with Crippen molar-refractivity contribution in [2.75, 3.05) is 0 Å². The van der Waals surface area contributed by atoms with Crippen LogP contribution in [0.25, 0.3) is 33.6 Å². The third-order valence-corrected chi connectivity index (χ3v) is 5.26. The fraction of sp³-hybridized carbons (Fsp3) is 0.130. The molecule has 0 saturated heterocycles. The molecule has 0 amide bonds. The van der Waals surface area contributed by atoms with Crippen LogP contribution in [0, 0.1) is 26.0 Å². The molecule has 4 nitrogen and oxygen atoms in total. The van der Waals surface area contributed by atoms with E-state index in [1.54, 1.807) is 0 Å². The molecule has 5 rings (SSSR count). The summed E-state index contributed by atoms with van der Waals surface area (Å²) in [7, 11) is 2.07. The largest absolute Gasteiger partial charge is 0.342 e. The summed E-state index contributed by atoms with van der Waals surface area (Å²) < 4.78 is 6.53. The minimum atomic E-state index is 0. The molecule has 0 bridgehead atoms. The maximum Gasteiger partial charge on any atom is 0.342 e. The SMILES string of the molecule is Cc1c(-c2[c-]cccc2)[c-]ccc1-n1c2nc3ccccc3n2c(C)[n+]1C.[Y]. The van der Waals surface area contributed by atoms with Crippen LogP contribution < -0.4 is 4.68 Å². The molecule has 2 aromatic heterocycles. The fourth-order valence-electron chi connectivity index (χ4n) is 3.79. The Kier molecular flexibility index (Phi) is 4.94. The first-order valence-corrected chi connectivity index (χ1v) is 9.00. The van der Waals surface area contributed by atoms with Crippen LogP contribution in [-0.4, -0.2) is 14.1 Å². The van der Waals surface area contributed by atoms with Crippen LogP contribution in [0.5, 0.6) is 0 Å². The molecule has 0 aliphatic rings. The predicted molar refractivity (Wildman–Crippen MR) is 106 cm³/mol. The van der Waals surface area contributed by atoms with Crippen LogP contribution in [0.4, 0.5) is 0 Å². The van der Waals surface area contributed by atoms with Crippen LogP contribution in [-0.2, 0) is 39.8 Å². The molecule has 0 aliphatic heterocycles. The summed E-state index contributed by atoms with van der Waals surface area (Å²) in [5.74, 6) is 2.03. The summed E-state index contributed by atoms with van der Waals surface area (Å²) in [6, 6.07) is 27.1. The van der Waals surface area contributed by atoms with Gasteiger partial charge in [0.1, 0.15) is 12.6 Å². The monoisotopic (exact) mass is 440 g/mol. The molecule has 5 heteroatoms. The Balaban J connectivity index is 0.00000192. The van der Waals surface area contributed by atoms with Crippen molar-refractivity contribution in [1.82, 2.24) is 14.1 Å². The van der Waals surface area contributed by atoms with E-state index in [0.717, 1.165) is 45.0 Å². The number of aromatic nitrogens is 4. The number of rotatable bonds is 2. The van der Waals surface area contributed by atoms with Gasteiger partial charge in [-0.1, -0.05) is 19.1 Å². The van der Waals surface area contributed by atoms with Gasteiger partial charge >= 0.3 is 5.78 Å². The number of nitrogens with zero attached hydrogens (tertiary/aromatic N) is 4. The summed E-state index contributed by atoms with van der Waals surface area (Å²) >= 11 is 0. The average Bonchev–Trinajstić information content (AvgIpc) is 3.18. The van der Waals surface area contributed by atoms with Crippen LogP contribution in [0.15, 0.2) is 60.7 Å². The molecule has 0 spiro atoms. The first kappa shape index (κ1) is 19.0. The van der Waals surface area contributed by atoms with E-state index in [1.807, 2.05) is 30.3 Å². The number of aryl methyl sites for hydroxylation is 1. The van der Waals surface area contributed by atoms with Gasteiger partial charge < -0.3 is 0 Å². The van der Waals surface area contributed by atoms with Gasteiger partial charge in [0, 0.05) is 45.3 Å². The number of hydrogen-bond donors (Lipinski definition) is 0. The number of benzene rings is 3. The van der Waals surface area contributed by atoms with Crippen LogP contribution in [0.2, 0.25) is 0 Å². The summed E-state index contributed by atoms with van der Waals surface area (Å²) in [4.78, 5) is 4.90. The maximum absolute atomic E-state index is 4.90. The third kappa shape index (κ3) is 2.75. The Morgan fingerprint density at radius 3 is 2.50 bits per heavy atom. The van der Waals surface area contributed by atoms with Gasteiger partial charge in [-0.05, 0) is 12.1 Å². The van der Waals surface area contributed by atoms with E-state index in [2.05, 4.69) is 77.1 Å². The molecule has 0 fully saturated rings. The van der Waals surface area contributed by atoms with Crippen molar-refractivity contribution in [3.8, 4) is 16.8 Å². The quantitative estimate of drug-likeness (QED) is 0.301. The smallest absolute Gasteiger partial charge is 0.226 e. The Morgan fingerprint density at radius 1 is 0.929 bits per heavy atom. The Bertz CT molecular complexity index is 1300. The molecule has 2 heterocycles. The molecule has 135 valence electrons. The molecule has 1 radical (unpaired) electrons. The Morgan fingerprint density at radius 2 is 1.71 bits per heavy atom. The van der Waals surface area contributed by atoms with Crippen LogP contribution in [0.1, 0.15) is 11.4 Å². The van der Waals surface area contributed by atoms with Crippen LogP contribution in [0.3, 0.4) is 0 Å². The molecule has 0 aliphatic carbocycles. The summed E-state index contributed by atoms with van der Waals surface area (Å²) in [5.41, 5.74) is 6.48. The number of imidazole rings is 1. The zero-order chi connectivity index (χ0) is 18.5. The van der Waals surface area contributed by atoms with Crippen molar-refractivity contribution >= 4 is 16.8 Å². The van der Waals surface area contributed by atoms with Crippen molar-refractivity contribution in [1.29, 1.82) is 0 Å². The van der Waals surface area contributed by atoms with E-state index in [1.165, 1.54) is 0 Å².